The topological polar surface area (TPSA) is 65.0 Å². The maximum absolute atomic E-state index is 12.5. The molecule has 36 heavy (non-hydrogen) atoms. The van der Waals surface area contributed by atoms with Gasteiger partial charge in [0.1, 0.15) is 11.5 Å². The van der Waals surface area contributed by atoms with Gasteiger partial charge in [-0.2, -0.15) is 0 Å². The molecular formula is C27H38BrCl2O5P. The number of hydrogen-bond acceptors (Lipinski definition) is 4. The summed E-state index contributed by atoms with van der Waals surface area (Å²) in [7, 11) is -4.48. The predicted octanol–water partition coefficient (Wildman–Crippen LogP) is 10.5. The van der Waals surface area contributed by atoms with Crippen molar-refractivity contribution in [2.24, 2.45) is 0 Å². The van der Waals surface area contributed by atoms with E-state index >= 15 is 0 Å². The van der Waals surface area contributed by atoms with Gasteiger partial charge >= 0.3 is 7.82 Å². The van der Waals surface area contributed by atoms with Gasteiger partial charge in [-0.15, -0.1) is 0 Å². The molecule has 9 heteroatoms. The van der Waals surface area contributed by atoms with Crippen LogP contribution < -0.4 is 13.8 Å². The van der Waals surface area contributed by atoms with Crippen LogP contribution in [0.25, 0.3) is 0 Å². The standard InChI is InChI=1S/C27H38BrCl2O5P/c1-2-3-4-5-6-7-8-9-10-11-12-13-17-33-26-19-25(30)27(20-24(26)29)35-36(31,32)34-23-16-14-15-22(18-23)21-28/h14-16,18-20H,2-13,17,21H2,1H3,(H,31,32). The average molecular weight is 624 g/mol. The van der Waals surface area contributed by atoms with E-state index in [9.17, 15) is 9.46 Å². The number of ether oxygens (including phenoxy) is 1. The van der Waals surface area contributed by atoms with Gasteiger partial charge in [0.25, 0.3) is 0 Å². The third kappa shape index (κ3) is 12.6. The van der Waals surface area contributed by atoms with E-state index in [1.807, 2.05) is 6.07 Å². The summed E-state index contributed by atoms with van der Waals surface area (Å²) >= 11 is 15.9. The Morgan fingerprint density at radius 2 is 1.36 bits per heavy atom. The molecule has 0 spiro atoms. The second-order valence-electron chi connectivity index (χ2n) is 8.88. The van der Waals surface area contributed by atoms with Gasteiger partial charge in [0, 0.05) is 17.5 Å². The fraction of sp³-hybridized carbons (Fsp3) is 0.556. The Labute approximate surface area is 234 Å². The maximum atomic E-state index is 12.5. The second-order valence-corrected chi connectivity index (χ2v) is 11.6. The summed E-state index contributed by atoms with van der Waals surface area (Å²) in [6.45, 7) is 2.78. The lowest BCUT2D eigenvalue weighted by molar-refractivity contribution is 0.289. The normalized spacial score (nSPS) is 12.8. The van der Waals surface area contributed by atoms with Crippen molar-refractivity contribution in [2.75, 3.05) is 6.61 Å². The van der Waals surface area contributed by atoms with Crippen molar-refractivity contribution in [3.05, 3.63) is 52.0 Å². The number of alkyl halides is 1. The largest absolute Gasteiger partial charge is 0.584 e. The summed E-state index contributed by atoms with van der Waals surface area (Å²) in [5.74, 6) is 0.569. The number of phosphoric acid groups is 1. The Morgan fingerprint density at radius 1 is 0.806 bits per heavy atom. The number of unbranched alkanes of at least 4 members (excludes halogenated alkanes) is 11. The van der Waals surface area contributed by atoms with Crippen LogP contribution in [0.4, 0.5) is 0 Å². The molecule has 5 nitrogen and oxygen atoms in total. The Balaban J connectivity index is 1.69. The third-order valence-electron chi connectivity index (χ3n) is 5.73. The Bertz CT molecular complexity index is 960. The molecular weight excluding hydrogens is 586 g/mol. The SMILES string of the molecule is CCCCCCCCCCCCCCOc1cc(Cl)c(OP(=O)(O)Oc2cccc(CBr)c2)cc1Cl. The van der Waals surface area contributed by atoms with Gasteiger partial charge in [0.05, 0.1) is 16.7 Å². The molecule has 1 atom stereocenters. The lowest BCUT2D eigenvalue weighted by Crippen LogP contribution is -2.02. The highest BCUT2D eigenvalue weighted by atomic mass is 79.9. The number of phosphoric ester groups is 1. The highest BCUT2D eigenvalue weighted by Gasteiger charge is 2.27. The summed E-state index contributed by atoms with van der Waals surface area (Å²) in [5, 5.41) is 0.939. The molecule has 0 aromatic heterocycles. The molecule has 0 saturated heterocycles. The molecule has 0 amide bonds. The summed E-state index contributed by atoms with van der Waals surface area (Å²) in [4.78, 5) is 10.2. The summed E-state index contributed by atoms with van der Waals surface area (Å²) < 4.78 is 28.6. The molecule has 0 heterocycles. The Morgan fingerprint density at radius 3 is 1.97 bits per heavy atom. The van der Waals surface area contributed by atoms with Gasteiger partial charge in [-0.25, -0.2) is 4.57 Å². The van der Waals surface area contributed by atoms with Crippen LogP contribution in [0.3, 0.4) is 0 Å². The maximum Gasteiger partial charge on any atom is 0.584 e. The van der Waals surface area contributed by atoms with E-state index in [-0.39, 0.29) is 21.5 Å². The van der Waals surface area contributed by atoms with E-state index in [1.165, 1.54) is 76.3 Å². The fourth-order valence-electron chi connectivity index (χ4n) is 3.78. The molecule has 202 valence electrons. The van der Waals surface area contributed by atoms with Crippen LogP contribution in [-0.2, 0) is 9.90 Å². The molecule has 0 radical (unpaired) electrons. The summed E-state index contributed by atoms with van der Waals surface area (Å²) in [6.07, 6.45) is 15.3. The van der Waals surface area contributed by atoms with Crippen LogP contribution in [0.2, 0.25) is 10.0 Å². The van der Waals surface area contributed by atoms with Crippen molar-refractivity contribution in [3.63, 3.8) is 0 Å². The lowest BCUT2D eigenvalue weighted by atomic mass is 10.1. The zero-order valence-electron chi connectivity index (χ0n) is 21.0. The van der Waals surface area contributed by atoms with Gasteiger partial charge in [-0.1, -0.05) is 129 Å². The number of halogens is 3. The summed E-state index contributed by atoms with van der Waals surface area (Å²) in [6, 6.07) is 9.64. The number of benzene rings is 2. The minimum atomic E-state index is -4.48. The highest BCUT2D eigenvalue weighted by Crippen LogP contribution is 2.48. The van der Waals surface area contributed by atoms with Gasteiger partial charge in [-0.05, 0) is 24.1 Å². The van der Waals surface area contributed by atoms with E-state index in [0.717, 1.165) is 18.4 Å². The Hall–Kier alpha value is -0.910. The van der Waals surface area contributed by atoms with E-state index in [1.54, 1.807) is 18.2 Å². The smallest absolute Gasteiger partial charge is 0.492 e. The molecule has 2 aromatic carbocycles. The molecule has 1 unspecified atom stereocenters. The van der Waals surface area contributed by atoms with E-state index in [4.69, 9.17) is 37.0 Å². The zero-order chi connectivity index (χ0) is 26.2. The quantitative estimate of drug-likeness (QED) is 0.0957. The van der Waals surface area contributed by atoms with E-state index in [0.29, 0.717) is 17.7 Å². The third-order valence-corrected chi connectivity index (χ3v) is 7.84. The van der Waals surface area contributed by atoms with Crippen LogP contribution in [0, 0.1) is 0 Å². The van der Waals surface area contributed by atoms with E-state index < -0.39 is 7.82 Å². The molecule has 2 aromatic rings. The average Bonchev–Trinajstić information content (AvgIpc) is 2.84. The fourth-order valence-corrected chi connectivity index (χ4v) is 5.40. The monoisotopic (exact) mass is 622 g/mol. The lowest BCUT2D eigenvalue weighted by Gasteiger charge is -2.16. The van der Waals surface area contributed by atoms with Gasteiger partial charge in [-0.3, -0.25) is 4.89 Å². The molecule has 2 rings (SSSR count). The molecule has 0 bridgehead atoms. The first kappa shape index (κ1) is 31.3. The zero-order valence-corrected chi connectivity index (χ0v) is 25.0. The van der Waals surface area contributed by atoms with Crippen molar-refractivity contribution in [3.8, 4) is 17.2 Å². The second kappa shape index (κ2) is 17.6. The molecule has 0 aliphatic carbocycles. The van der Waals surface area contributed by atoms with Crippen LogP contribution in [0.15, 0.2) is 36.4 Å². The van der Waals surface area contributed by atoms with Crippen molar-refractivity contribution in [1.82, 2.24) is 0 Å². The minimum absolute atomic E-state index is 0.0538. The van der Waals surface area contributed by atoms with E-state index in [2.05, 4.69) is 22.9 Å². The van der Waals surface area contributed by atoms with Crippen LogP contribution in [0.5, 0.6) is 17.2 Å². The van der Waals surface area contributed by atoms with Crippen molar-refractivity contribution >= 4 is 47.0 Å². The van der Waals surface area contributed by atoms with Gasteiger partial charge in [0.2, 0.25) is 0 Å². The van der Waals surface area contributed by atoms with Gasteiger partial charge in [0.15, 0.2) is 5.75 Å². The van der Waals surface area contributed by atoms with Crippen molar-refractivity contribution in [1.29, 1.82) is 0 Å². The van der Waals surface area contributed by atoms with Crippen LogP contribution in [0.1, 0.15) is 89.5 Å². The first-order valence-electron chi connectivity index (χ1n) is 12.8. The molecule has 1 N–H and O–H groups in total. The molecule has 0 aliphatic rings. The van der Waals surface area contributed by atoms with Crippen LogP contribution in [-0.4, -0.2) is 11.5 Å². The summed E-state index contributed by atoms with van der Waals surface area (Å²) in [5.41, 5.74) is 0.892. The minimum Gasteiger partial charge on any atom is -0.492 e. The molecule has 0 fully saturated rings. The Kier molecular flexibility index (Phi) is 15.3. The molecule has 0 saturated carbocycles. The van der Waals surface area contributed by atoms with Gasteiger partial charge < -0.3 is 13.8 Å². The number of hydrogen-bond donors (Lipinski definition) is 1. The first-order chi connectivity index (χ1) is 17.3. The molecule has 0 aliphatic heterocycles. The first-order valence-corrected chi connectivity index (χ1v) is 16.2. The highest BCUT2D eigenvalue weighted by molar-refractivity contribution is 9.08. The predicted molar refractivity (Wildman–Crippen MR) is 153 cm³/mol. The van der Waals surface area contributed by atoms with Crippen molar-refractivity contribution < 1.29 is 23.2 Å². The number of rotatable bonds is 19. The van der Waals surface area contributed by atoms with Crippen LogP contribution >= 0.6 is 47.0 Å². The van der Waals surface area contributed by atoms with Crippen molar-refractivity contribution in [2.45, 2.75) is 89.3 Å².